The van der Waals surface area contributed by atoms with Gasteiger partial charge in [-0.05, 0) is 27.7 Å². The standard InChI is InChI=1S/C19H28N4O4/c1-5-21-12-19(27-18(21)26)7-10-22(11-8-19)16(25)6-9-23-14(3)17(15(4)24)13(2)20-23/h5-12H2,1-4H3. The average Bonchev–Trinajstić information content (AvgIpc) is 3.09. The number of amides is 2. The second-order valence-electron chi connectivity index (χ2n) is 7.52. The molecule has 3 rings (SSSR count). The van der Waals surface area contributed by atoms with Crippen LogP contribution in [0.5, 0.6) is 0 Å². The summed E-state index contributed by atoms with van der Waals surface area (Å²) in [5.74, 6) is 0.0644. The molecule has 8 heteroatoms. The van der Waals surface area contributed by atoms with Crippen LogP contribution in [-0.4, -0.2) is 69.1 Å². The van der Waals surface area contributed by atoms with E-state index in [2.05, 4.69) is 5.10 Å². The smallest absolute Gasteiger partial charge is 0.410 e. The lowest BCUT2D eigenvalue weighted by Gasteiger charge is -2.37. The fraction of sp³-hybridized carbons (Fsp3) is 0.684. The molecule has 1 spiro atoms. The van der Waals surface area contributed by atoms with Crippen molar-refractivity contribution in [2.75, 3.05) is 26.2 Å². The van der Waals surface area contributed by atoms with Gasteiger partial charge in [0.25, 0.3) is 0 Å². The van der Waals surface area contributed by atoms with E-state index in [1.807, 2.05) is 25.7 Å². The van der Waals surface area contributed by atoms with Crippen molar-refractivity contribution in [3.8, 4) is 0 Å². The van der Waals surface area contributed by atoms with Gasteiger partial charge >= 0.3 is 6.09 Å². The summed E-state index contributed by atoms with van der Waals surface area (Å²) in [6.07, 6.45) is 1.45. The Hall–Kier alpha value is -2.38. The molecule has 2 saturated heterocycles. The first-order valence-corrected chi connectivity index (χ1v) is 9.57. The third kappa shape index (κ3) is 3.70. The Balaban J connectivity index is 1.54. The van der Waals surface area contributed by atoms with Crippen LogP contribution in [0.1, 0.15) is 54.9 Å². The predicted octanol–water partition coefficient (Wildman–Crippen LogP) is 1.93. The average molecular weight is 376 g/mol. The molecule has 8 nitrogen and oxygen atoms in total. The molecule has 0 radical (unpaired) electrons. The maximum atomic E-state index is 12.6. The molecule has 2 aliphatic heterocycles. The second kappa shape index (κ2) is 7.32. The molecule has 0 atom stereocenters. The Labute approximate surface area is 159 Å². The first-order chi connectivity index (χ1) is 12.8. The molecule has 2 fully saturated rings. The Morgan fingerprint density at radius 3 is 2.41 bits per heavy atom. The van der Waals surface area contributed by atoms with Crippen molar-refractivity contribution in [1.82, 2.24) is 19.6 Å². The minimum atomic E-state index is -0.435. The zero-order valence-electron chi connectivity index (χ0n) is 16.6. The lowest BCUT2D eigenvalue weighted by Crippen LogP contribution is -2.48. The van der Waals surface area contributed by atoms with Gasteiger partial charge in [0, 0.05) is 51.1 Å². The first kappa shape index (κ1) is 19.4. The first-order valence-electron chi connectivity index (χ1n) is 9.57. The number of likely N-dealkylation sites (tertiary alicyclic amines) is 1. The number of aromatic nitrogens is 2. The Bertz CT molecular complexity index is 762. The number of likely N-dealkylation sites (N-methyl/N-ethyl adjacent to an activating group) is 1. The van der Waals surface area contributed by atoms with E-state index in [4.69, 9.17) is 4.74 Å². The van der Waals surface area contributed by atoms with Gasteiger partial charge in [0.15, 0.2) is 5.78 Å². The van der Waals surface area contributed by atoms with Crippen LogP contribution in [0.3, 0.4) is 0 Å². The largest absolute Gasteiger partial charge is 0.441 e. The molecule has 0 unspecified atom stereocenters. The number of Topliss-reactive ketones (excluding diaryl/α,β-unsaturated/α-hetero) is 1. The number of ether oxygens (including phenoxy) is 1. The summed E-state index contributed by atoms with van der Waals surface area (Å²) in [6.45, 7) is 10.1. The third-order valence-electron chi connectivity index (χ3n) is 5.72. The summed E-state index contributed by atoms with van der Waals surface area (Å²) in [4.78, 5) is 39.7. The lowest BCUT2D eigenvalue weighted by molar-refractivity contribution is -0.134. The van der Waals surface area contributed by atoms with E-state index in [-0.39, 0.29) is 17.8 Å². The maximum absolute atomic E-state index is 12.6. The molecular weight excluding hydrogens is 348 g/mol. The highest BCUT2D eigenvalue weighted by Gasteiger charge is 2.46. The van der Waals surface area contributed by atoms with Crippen LogP contribution in [-0.2, 0) is 16.1 Å². The van der Waals surface area contributed by atoms with Crippen molar-refractivity contribution in [2.45, 2.75) is 59.1 Å². The molecule has 1 aromatic rings. The molecule has 1 aromatic heterocycles. The molecule has 0 aliphatic carbocycles. The van der Waals surface area contributed by atoms with Gasteiger partial charge in [-0.2, -0.15) is 5.10 Å². The molecule has 2 amide bonds. The number of hydrogen-bond donors (Lipinski definition) is 0. The number of hydrogen-bond acceptors (Lipinski definition) is 5. The van der Waals surface area contributed by atoms with E-state index in [0.717, 1.165) is 5.69 Å². The number of ketones is 1. The van der Waals surface area contributed by atoms with Gasteiger partial charge in [0.05, 0.1) is 17.8 Å². The Kier molecular flexibility index (Phi) is 5.26. The Morgan fingerprint density at radius 1 is 1.22 bits per heavy atom. The fourth-order valence-corrected chi connectivity index (χ4v) is 4.14. The van der Waals surface area contributed by atoms with E-state index in [1.165, 1.54) is 6.92 Å². The summed E-state index contributed by atoms with van der Waals surface area (Å²) in [6, 6.07) is 0. The van der Waals surface area contributed by atoms with E-state index in [9.17, 15) is 14.4 Å². The molecule has 0 N–H and O–H groups in total. The zero-order chi connectivity index (χ0) is 19.8. The van der Waals surface area contributed by atoms with E-state index >= 15 is 0 Å². The van der Waals surface area contributed by atoms with E-state index < -0.39 is 5.60 Å². The van der Waals surface area contributed by atoms with Gasteiger partial charge < -0.3 is 14.5 Å². The van der Waals surface area contributed by atoms with Crippen LogP contribution in [0.2, 0.25) is 0 Å². The second-order valence-corrected chi connectivity index (χ2v) is 7.52. The van der Waals surface area contributed by atoms with Crippen molar-refractivity contribution < 1.29 is 19.1 Å². The van der Waals surface area contributed by atoms with Gasteiger partial charge in [-0.3, -0.25) is 14.3 Å². The van der Waals surface area contributed by atoms with E-state index in [1.54, 1.807) is 9.58 Å². The number of carbonyl (C=O) groups is 3. The summed E-state index contributed by atoms with van der Waals surface area (Å²) in [5, 5.41) is 4.39. The quantitative estimate of drug-likeness (QED) is 0.733. The van der Waals surface area contributed by atoms with Crippen molar-refractivity contribution in [2.24, 2.45) is 0 Å². The summed E-state index contributed by atoms with van der Waals surface area (Å²) < 4.78 is 7.35. The molecule has 0 saturated carbocycles. The van der Waals surface area contributed by atoms with Crippen molar-refractivity contribution in [1.29, 1.82) is 0 Å². The van der Waals surface area contributed by atoms with Crippen LogP contribution < -0.4 is 0 Å². The van der Waals surface area contributed by atoms with Crippen LogP contribution in [0, 0.1) is 13.8 Å². The molecule has 0 bridgehead atoms. The molecule has 148 valence electrons. The molecule has 3 heterocycles. The van der Waals surface area contributed by atoms with E-state index in [0.29, 0.717) is 63.2 Å². The highest BCUT2D eigenvalue weighted by molar-refractivity contribution is 5.96. The highest BCUT2D eigenvalue weighted by atomic mass is 16.6. The lowest BCUT2D eigenvalue weighted by atomic mass is 9.91. The molecular formula is C19H28N4O4. The number of aryl methyl sites for hydroxylation is 2. The normalized spacial score (nSPS) is 18.9. The summed E-state index contributed by atoms with van der Waals surface area (Å²) in [7, 11) is 0. The summed E-state index contributed by atoms with van der Waals surface area (Å²) in [5.41, 5.74) is 1.72. The Morgan fingerprint density at radius 2 is 1.89 bits per heavy atom. The topological polar surface area (TPSA) is 84.7 Å². The molecule has 2 aliphatic rings. The monoisotopic (exact) mass is 376 g/mol. The number of rotatable bonds is 5. The molecule has 0 aromatic carbocycles. The van der Waals surface area contributed by atoms with Gasteiger partial charge in [-0.15, -0.1) is 0 Å². The maximum Gasteiger partial charge on any atom is 0.410 e. The van der Waals surface area contributed by atoms with Gasteiger partial charge in [-0.25, -0.2) is 4.79 Å². The summed E-state index contributed by atoms with van der Waals surface area (Å²) >= 11 is 0. The van der Waals surface area contributed by atoms with Crippen LogP contribution in [0.25, 0.3) is 0 Å². The van der Waals surface area contributed by atoms with Gasteiger partial charge in [-0.1, -0.05) is 0 Å². The number of carbonyl (C=O) groups excluding carboxylic acids is 3. The number of nitrogens with zero attached hydrogens (tertiary/aromatic N) is 4. The number of piperidine rings is 1. The SMILES string of the molecule is CCN1CC2(CCN(C(=O)CCn3nc(C)c(C(C)=O)c3C)CC2)OC1=O. The van der Waals surface area contributed by atoms with Crippen LogP contribution in [0.15, 0.2) is 0 Å². The minimum absolute atomic E-state index is 0.00358. The van der Waals surface area contributed by atoms with Crippen LogP contribution in [0.4, 0.5) is 4.79 Å². The predicted molar refractivity (Wildman–Crippen MR) is 98.6 cm³/mol. The molecule has 27 heavy (non-hydrogen) atoms. The third-order valence-corrected chi connectivity index (χ3v) is 5.72. The van der Waals surface area contributed by atoms with Crippen molar-refractivity contribution in [3.05, 3.63) is 17.0 Å². The van der Waals surface area contributed by atoms with Gasteiger partial charge in [0.1, 0.15) is 5.60 Å². The fourth-order valence-electron chi connectivity index (χ4n) is 4.14. The highest BCUT2D eigenvalue weighted by Crippen LogP contribution is 2.33. The minimum Gasteiger partial charge on any atom is -0.441 e. The van der Waals surface area contributed by atoms with Gasteiger partial charge in [0.2, 0.25) is 5.91 Å². The van der Waals surface area contributed by atoms with Crippen LogP contribution >= 0.6 is 0 Å². The van der Waals surface area contributed by atoms with Crippen molar-refractivity contribution >= 4 is 17.8 Å². The zero-order valence-corrected chi connectivity index (χ0v) is 16.6. The van der Waals surface area contributed by atoms with Crippen molar-refractivity contribution in [3.63, 3.8) is 0 Å².